The third-order valence-corrected chi connectivity index (χ3v) is 3.57. The summed E-state index contributed by atoms with van der Waals surface area (Å²) in [5, 5.41) is 11.8. The molecule has 22 heavy (non-hydrogen) atoms. The first-order chi connectivity index (χ1) is 10.7. The third kappa shape index (κ3) is 4.61. The molecule has 2 rings (SSSR count). The van der Waals surface area contributed by atoms with Gasteiger partial charge in [-0.05, 0) is 30.5 Å². The number of carbonyl (C=O) groups excluding carboxylic acids is 1. The van der Waals surface area contributed by atoms with E-state index < -0.39 is 0 Å². The van der Waals surface area contributed by atoms with E-state index in [1.54, 1.807) is 23.1 Å². The van der Waals surface area contributed by atoms with Crippen molar-refractivity contribution in [3.63, 3.8) is 0 Å². The van der Waals surface area contributed by atoms with E-state index in [9.17, 15) is 4.79 Å². The number of nitrogens with one attached hydrogen (secondary N) is 1. The molecule has 1 aromatic rings. The molecule has 1 unspecified atom stereocenters. The van der Waals surface area contributed by atoms with E-state index in [0.717, 1.165) is 25.0 Å². The number of benzene rings is 1. The average molecular weight is 299 g/mol. The number of amides is 2. The molecule has 1 fully saturated rings. The highest BCUT2D eigenvalue weighted by atomic mass is 16.5. The van der Waals surface area contributed by atoms with Crippen molar-refractivity contribution >= 4 is 6.03 Å². The summed E-state index contributed by atoms with van der Waals surface area (Å²) in [5.41, 5.74) is 1.52. The number of rotatable bonds is 6. The van der Waals surface area contributed by atoms with Crippen molar-refractivity contribution in [3.8, 4) is 6.07 Å². The molecule has 1 aliphatic heterocycles. The fourth-order valence-electron chi connectivity index (χ4n) is 2.45. The molecule has 1 aromatic carbocycles. The van der Waals surface area contributed by atoms with Gasteiger partial charge >= 0.3 is 6.03 Å². The van der Waals surface area contributed by atoms with Crippen molar-refractivity contribution in [1.82, 2.24) is 10.2 Å². The lowest BCUT2D eigenvalue weighted by atomic mass is 10.1. The lowest BCUT2D eigenvalue weighted by Crippen LogP contribution is -2.42. The molecule has 1 aliphatic rings. The highest BCUT2D eigenvalue weighted by molar-refractivity contribution is 5.74. The van der Waals surface area contributed by atoms with E-state index in [4.69, 9.17) is 10.00 Å². The SMILES string of the molecule is C=CCN(Cc1cccc(C#N)c1)C(=O)NCC1CCCO1. The van der Waals surface area contributed by atoms with Crippen LogP contribution in [-0.2, 0) is 11.3 Å². The summed E-state index contributed by atoms with van der Waals surface area (Å²) in [6.45, 7) is 5.90. The Labute approximate surface area is 131 Å². The second-order valence-corrected chi connectivity index (χ2v) is 5.30. The molecule has 0 aromatic heterocycles. The zero-order valence-electron chi connectivity index (χ0n) is 12.6. The highest BCUT2D eigenvalue weighted by Gasteiger charge is 2.18. The van der Waals surface area contributed by atoms with Crippen LogP contribution in [0.1, 0.15) is 24.0 Å². The zero-order valence-corrected chi connectivity index (χ0v) is 12.6. The standard InChI is InChI=1S/C17H21N3O2/c1-2-8-20(13-15-6-3-5-14(10-15)11-18)17(21)19-12-16-7-4-9-22-16/h2-3,5-6,10,16H,1,4,7-9,12-13H2,(H,19,21). The molecular weight excluding hydrogens is 278 g/mol. The fraction of sp³-hybridized carbons (Fsp3) is 0.412. The van der Waals surface area contributed by atoms with Gasteiger partial charge in [-0.3, -0.25) is 0 Å². The van der Waals surface area contributed by atoms with Gasteiger partial charge in [-0.1, -0.05) is 18.2 Å². The van der Waals surface area contributed by atoms with E-state index >= 15 is 0 Å². The molecule has 1 atom stereocenters. The van der Waals surface area contributed by atoms with Gasteiger partial charge < -0.3 is 15.0 Å². The van der Waals surface area contributed by atoms with E-state index in [-0.39, 0.29) is 12.1 Å². The maximum absolute atomic E-state index is 12.3. The largest absolute Gasteiger partial charge is 0.376 e. The number of urea groups is 1. The maximum Gasteiger partial charge on any atom is 0.318 e. The van der Waals surface area contributed by atoms with Gasteiger partial charge in [0.15, 0.2) is 0 Å². The zero-order chi connectivity index (χ0) is 15.8. The van der Waals surface area contributed by atoms with Crippen LogP contribution in [0.15, 0.2) is 36.9 Å². The Hall–Kier alpha value is -2.32. The minimum Gasteiger partial charge on any atom is -0.376 e. The first-order valence-electron chi connectivity index (χ1n) is 7.47. The highest BCUT2D eigenvalue weighted by Crippen LogP contribution is 2.11. The fourth-order valence-corrected chi connectivity index (χ4v) is 2.45. The van der Waals surface area contributed by atoms with Crippen molar-refractivity contribution in [1.29, 1.82) is 5.26 Å². The molecule has 5 heteroatoms. The molecule has 0 radical (unpaired) electrons. The number of carbonyl (C=O) groups is 1. The Kier molecular flexibility index (Phi) is 5.99. The maximum atomic E-state index is 12.3. The molecule has 0 aliphatic carbocycles. The second-order valence-electron chi connectivity index (χ2n) is 5.30. The van der Waals surface area contributed by atoms with Crippen molar-refractivity contribution < 1.29 is 9.53 Å². The summed E-state index contributed by atoms with van der Waals surface area (Å²) in [6.07, 6.45) is 3.86. The summed E-state index contributed by atoms with van der Waals surface area (Å²) >= 11 is 0. The van der Waals surface area contributed by atoms with Gasteiger partial charge in [-0.2, -0.15) is 5.26 Å². The normalized spacial score (nSPS) is 16.8. The van der Waals surface area contributed by atoms with Crippen LogP contribution in [0.2, 0.25) is 0 Å². The van der Waals surface area contributed by atoms with Crippen molar-refractivity contribution in [2.45, 2.75) is 25.5 Å². The number of hydrogen-bond acceptors (Lipinski definition) is 3. The summed E-state index contributed by atoms with van der Waals surface area (Å²) in [6, 6.07) is 9.24. The first kappa shape index (κ1) is 16.1. The van der Waals surface area contributed by atoms with Crippen LogP contribution in [0, 0.1) is 11.3 Å². The molecule has 2 amide bonds. The number of nitrogens with zero attached hydrogens (tertiary/aromatic N) is 2. The molecule has 1 saturated heterocycles. The predicted molar refractivity (Wildman–Crippen MR) is 84.1 cm³/mol. The van der Waals surface area contributed by atoms with Gasteiger partial charge in [0, 0.05) is 26.2 Å². The second kappa shape index (κ2) is 8.20. The Morgan fingerprint density at radius 3 is 3.14 bits per heavy atom. The van der Waals surface area contributed by atoms with Crippen LogP contribution in [0.5, 0.6) is 0 Å². The quantitative estimate of drug-likeness (QED) is 0.820. The van der Waals surface area contributed by atoms with Crippen molar-refractivity contribution in [3.05, 3.63) is 48.0 Å². The number of ether oxygens (including phenoxy) is 1. The van der Waals surface area contributed by atoms with Crippen LogP contribution in [0.25, 0.3) is 0 Å². The van der Waals surface area contributed by atoms with Gasteiger partial charge in [-0.25, -0.2) is 4.79 Å². The minimum atomic E-state index is -0.141. The van der Waals surface area contributed by atoms with Gasteiger partial charge in [0.1, 0.15) is 0 Å². The topological polar surface area (TPSA) is 65.4 Å². The average Bonchev–Trinajstić information content (AvgIpc) is 3.06. The lowest BCUT2D eigenvalue weighted by Gasteiger charge is -2.23. The molecule has 1 N–H and O–H groups in total. The van der Waals surface area contributed by atoms with Crippen LogP contribution in [-0.4, -0.2) is 36.7 Å². The minimum absolute atomic E-state index is 0.122. The van der Waals surface area contributed by atoms with E-state index in [2.05, 4.69) is 18.0 Å². The Morgan fingerprint density at radius 1 is 1.59 bits per heavy atom. The number of nitriles is 1. The molecule has 5 nitrogen and oxygen atoms in total. The lowest BCUT2D eigenvalue weighted by molar-refractivity contribution is 0.109. The van der Waals surface area contributed by atoms with Gasteiger partial charge in [0.05, 0.1) is 17.7 Å². The van der Waals surface area contributed by atoms with E-state index in [1.165, 1.54) is 0 Å². The van der Waals surface area contributed by atoms with Crippen molar-refractivity contribution in [2.24, 2.45) is 0 Å². The molecule has 0 bridgehead atoms. The van der Waals surface area contributed by atoms with Crippen LogP contribution in [0.4, 0.5) is 4.79 Å². The third-order valence-electron chi connectivity index (χ3n) is 3.57. The van der Waals surface area contributed by atoms with Gasteiger partial charge in [0.25, 0.3) is 0 Å². The monoisotopic (exact) mass is 299 g/mol. The van der Waals surface area contributed by atoms with E-state index in [1.807, 2.05) is 12.1 Å². The Morgan fingerprint density at radius 2 is 2.45 bits per heavy atom. The van der Waals surface area contributed by atoms with Gasteiger partial charge in [0.2, 0.25) is 0 Å². The predicted octanol–water partition coefficient (Wildman–Crippen LogP) is 2.43. The Balaban J connectivity index is 1.94. The van der Waals surface area contributed by atoms with E-state index in [0.29, 0.717) is 25.2 Å². The van der Waals surface area contributed by atoms with Crippen LogP contribution >= 0.6 is 0 Å². The smallest absolute Gasteiger partial charge is 0.318 e. The summed E-state index contributed by atoms with van der Waals surface area (Å²) in [4.78, 5) is 14.0. The molecule has 116 valence electrons. The van der Waals surface area contributed by atoms with Crippen molar-refractivity contribution in [2.75, 3.05) is 19.7 Å². The summed E-state index contributed by atoms with van der Waals surface area (Å²) < 4.78 is 5.50. The molecule has 0 saturated carbocycles. The number of hydrogen-bond donors (Lipinski definition) is 1. The van der Waals surface area contributed by atoms with Gasteiger partial charge in [-0.15, -0.1) is 6.58 Å². The van der Waals surface area contributed by atoms with Crippen LogP contribution < -0.4 is 5.32 Å². The summed E-state index contributed by atoms with van der Waals surface area (Å²) in [5.74, 6) is 0. The summed E-state index contributed by atoms with van der Waals surface area (Å²) in [7, 11) is 0. The Bertz CT molecular complexity index is 559. The first-order valence-corrected chi connectivity index (χ1v) is 7.47. The molecular formula is C17H21N3O2. The molecule has 1 heterocycles. The van der Waals surface area contributed by atoms with Crippen LogP contribution in [0.3, 0.4) is 0 Å². The molecule has 0 spiro atoms.